The average molecular weight is 283 g/mol. The highest BCUT2D eigenvalue weighted by molar-refractivity contribution is 7.12. The molecule has 0 aliphatic carbocycles. The Morgan fingerprint density at radius 3 is 2.89 bits per heavy atom. The third-order valence-corrected chi connectivity index (χ3v) is 3.34. The van der Waals surface area contributed by atoms with Crippen LogP contribution in [0.4, 0.5) is 0 Å². The van der Waals surface area contributed by atoms with Crippen molar-refractivity contribution >= 4 is 29.3 Å². The van der Waals surface area contributed by atoms with Crippen molar-refractivity contribution < 1.29 is 19.4 Å². The second-order valence-electron chi connectivity index (χ2n) is 3.80. The maximum absolute atomic E-state index is 12.2. The first kappa shape index (κ1) is 15.4. The molecule has 0 spiro atoms. The fourth-order valence-corrected chi connectivity index (χ4v) is 2.29. The van der Waals surface area contributed by atoms with Crippen LogP contribution in [0.3, 0.4) is 0 Å². The topological polar surface area (TPSA) is 66.8 Å². The lowest BCUT2D eigenvalue weighted by atomic mass is 10.2. The van der Waals surface area contributed by atoms with Gasteiger partial charge in [-0.25, -0.2) is 4.79 Å². The minimum absolute atomic E-state index is 0.125. The number of carbonyl (C=O) groups is 2. The van der Waals surface area contributed by atoms with Crippen LogP contribution in [0, 0.1) is 0 Å². The second-order valence-corrected chi connectivity index (χ2v) is 4.72. The lowest BCUT2D eigenvalue weighted by Gasteiger charge is -2.16. The van der Waals surface area contributed by atoms with Crippen LogP contribution >= 0.6 is 11.3 Å². The fourth-order valence-electron chi connectivity index (χ4n) is 1.41. The van der Waals surface area contributed by atoms with Gasteiger partial charge in [-0.15, -0.1) is 11.3 Å². The number of ether oxygens (including phenoxy) is 1. The van der Waals surface area contributed by atoms with Crippen molar-refractivity contribution in [3.63, 3.8) is 0 Å². The Bertz CT molecular complexity index is 467. The van der Waals surface area contributed by atoms with Crippen molar-refractivity contribution in [3.05, 3.63) is 28.0 Å². The minimum atomic E-state index is -1.03. The van der Waals surface area contributed by atoms with Gasteiger partial charge in [-0.1, -0.05) is 0 Å². The van der Waals surface area contributed by atoms with Crippen LogP contribution < -0.4 is 0 Å². The standard InChI is InChI=1S/C13H17NO4S/c1-3-18-8-7-14(2)13(17)12-10(6-9-19-12)4-5-11(15)16/h4-6,9H,3,7-8H2,1-2H3,(H,15,16)/b5-4+. The van der Waals surface area contributed by atoms with Gasteiger partial charge < -0.3 is 14.7 Å². The van der Waals surface area contributed by atoms with Crippen LogP contribution in [0.15, 0.2) is 17.5 Å². The molecular formula is C13H17NO4S. The summed E-state index contributed by atoms with van der Waals surface area (Å²) < 4.78 is 5.20. The van der Waals surface area contributed by atoms with E-state index in [2.05, 4.69) is 0 Å². The molecule has 0 radical (unpaired) electrons. The van der Waals surface area contributed by atoms with E-state index in [1.54, 1.807) is 23.4 Å². The third-order valence-electron chi connectivity index (χ3n) is 2.42. The Labute approximate surface area is 116 Å². The summed E-state index contributed by atoms with van der Waals surface area (Å²) in [6.45, 7) is 3.51. The molecular weight excluding hydrogens is 266 g/mol. The van der Waals surface area contributed by atoms with Gasteiger partial charge in [0.1, 0.15) is 0 Å². The van der Waals surface area contributed by atoms with Crippen LogP contribution in [-0.2, 0) is 9.53 Å². The van der Waals surface area contributed by atoms with E-state index in [0.717, 1.165) is 6.08 Å². The predicted octanol–water partition coefficient (Wildman–Crippen LogP) is 1.95. The van der Waals surface area contributed by atoms with Crippen molar-refractivity contribution in [1.82, 2.24) is 4.90 Å². The summed E-state index contributed by atoms with van der Waals surface area (Å²) >= 11 is 1.30. The Kier molecular flexibility index (Phi) is 6.24. The normalized spacial score (nSPS) is 10.8. The van der Waals surface area contributed by atoms with Gasteiger partial charge in [-0.3, -0.25) is 4.79 Å². The van der Waals surface area contributed by atoms with Gasteiger partial charge in [-0.05, 0) is 30.0 Å². The maximum atomic E-state index is 12.2. The molecule has 0 aliphatic rings. The Morgan fingerprint density at radius 2 is 2.26 bits per heavy atom. The van der Waals surface area contributed by atoms with Crippen LogP contribution in [0.2, 0.25) is 0 Å². The molecule has 1 aromatic rings. The first-order valence-electron chi connectivity index (χ1n) is 5.88. The molecule has 0 aromatic carbocycles. The molecule has 0 atom stereocenters. The maximum Gasteiger partial charge on any atom is 0.328 e. The summed E-state index contributed by atoms with van der Waals surface area (Å²) in [5.74, 6) is -1.16. The number of carbonyl (C=O) groups excluding carboxylic acids is 1. The predicted molar refractivity (Wildman–Crippen MR) is 74.4 cm³/mol. The Hall–Kier alpha value is -1.66. The van der Waals surface area contributed by atoms with Gasteiger partial charge in [0.15, 0.2) is 0 Å². The quantitative estimate of drug-likeness (QED) is 0.613. The number of amides is 1. The first-order valence-corrected chi connectivity index (χ1v) is 6.76. The van der Waals surface area contributed by atoms with Crippen molar-refractivity contribution in [1.29, 1.82) is 0 Å². The zero-order valence-electron chi connectivity index (χ0n) is 11.0. The molecule has 0 bridgehead atoms. The summed E-state index contributed by atoms with van der Waals surface area (Å²) in [5.41, 5.74) is 0.626. The average Bonchev–Trinajstić information content (AvgIpc) is 2.83. The molecule has 1 amide bonds. The molecule has 0 unspecified atom stereocenters. The molecule has 1 heterocycles. The fraction of sp³-hybridized carbons (Fsp3) is 0.385. The lowest BCUT2D eigenvalue weighted by molar-refractivity contribution is -0.131. The van der Waals surface area contributed by atoms with E-state index in [9.17, 15) is 9.59 Å². The molecule has 1 aromatic heterocycles. The number of likely N-dealkylation sites (N-methyl/N-ethyl adjacent to an activating group) is 1. The van der Waals surface area contributed by atoms with Crippen molar-refractivity contribution in [2.24, 2.45) is 0 Å². The Morgan fingerprint density at radius 1 is 1.53 bits per heavy atom. The molecule has 0 saturated heterocycles. The SMILES string of the molecule is CCOCCN(C)C(=O)c1sccc1/C=C/C(=O)O. The van der Waals surface area contributed by atoms with Crippen molar-refractivity contribution in [2.75, 3.05) is 26.8 Å². The van der Waals surface area contributed by atoms with Gasteiger partial charge in [0.25, 0.3) is 5.91 Å². The van der Waals surface area contributed by atoms with Crippen LogP contribution in [-0.4, -0.2) is 48.7 Å². The molecule has 1 N–H and O–H groups in total. The first-order chi connectivity index (χ1) is 9.06. The highest BCUT2D eigenvalue weighted by atomic mass is 32.1. The largest absolute Gasteiger partial charge is 0.478 e. The molecule has 104 valence electrons. The number of aliphatic carboxylic acids is 1. The summed E-state index contributed by atoms with van der Waals surface area (Å²) in [6.07, 6.45) is 2.46. The number of nitrogens with zero attached hydrogens (tertiary/aromatic N) is 1. The van der Waals surface area contributed by atoms with E-state index in [1.807, 2.05) is 6.92 Å². The molecule has 0 fully saturated rings. The van der Waals surface area contributed by atoms with E-state index in [0.29, 0.717) is 30.2 Å². The zero-order valence-corrected chi connectivity index (χ0v) is 11.8. The number of thiophene rings is 1. The number of hydrogen-bond acceptors (Lipinski definition) is 4. The van der Waals surface area contributed by atoms with E-state index in [-0.39, 0.29) is 5.91 Å². The van der Waals surface area contributed by atoms with Crippen molar-refractivity contribution in [3.8, 4) is 0 Å². The van der Waals surface area contributed by atoms with E-state index in [4.69, 9.17) is 9.84 Å². The smallest absolute Gasteiger partial charge is 0.328 e. The lowest BCUT2D eigenvalue weighted by Crippen LogP contribution is -2.30. The Balaban J connectivity index is 2.71. The highest BCUT2D eigenvalue weighted by Gasteiger charge is 2.16. The van der Waals surface area contributed by atoms with Gasteiger partial charge in [0.05, 0.1) is 11.5 Å². The van der Waals surface area contributed by atoms with Gasteiger partial charge in [0, 0.05) is 26.3 Å². The van der Waals surface area contributed by atoms with Gasteiger partial charge in [-0.2, -0.15) is 0 Å². The zero-order chi connectivity index (χ0) is 14.3. The monoisotopic (exact) mass is 283 g/mol. The summed E-state index contributed by atoms with van der Waals surface area (Å²) in [5, 5.41) is 10.4. The molecule has 6 heteroatoms. The number of rotatable bonds is 7. The van der Waals surface area contributed by atoms with Gasteiger partial charge in [0.2, 0.25) is 0 Å². The van der Waals surface area contributed by atoms with Crippen LogP contribution in [0.25, 0.3) is 6.08 Å². The molecule has 0 aliphatic heterocycles. The van der Waals surface area contributed by atoms with E-state index >= 15 is 0 Å². The summed E-state index contributed by atoms with van der Waals surface area (Å²) in [4.78, 5) is 24.8. The van der Waals surface area contributed by atoms with Crippen molar-refractivity contribution in [2.45, 2.75) is 6.92 Å². The van der Waals surface area contributed by atoms with E-state index in [1.165, 1.54) is 17.4 Å². The summed E-state index contributed by atoms with van der Waals surface area (Å²) in [6, 6.07) is 1.73. The summed E-state index contributed by atoms with van der Waals surface area (Å²) in [7, 11) is 1.70. The van der Waals surface area contributed by atoms with Gasteiger partial charge >= 0.3 is 5.97 Å². The molecule has 1 rings (SSSR count). The van der Waals surface area contributed by atoms with Crippen LogP contribution in [0.1, 0.15) is 22.2 Å². The molecule has 19 heavy (non-hydrogen) atoms. The number of carboxylic acids is 1. The van der Waals surface area contributed by atoms with Crippen LogP contribution in [0.5, 0.6) is 0 Å². The second kappa shape index (κ2) is 7.70. The number of carboxylic acid groups (broad SMARTS) is 1. The minimum Gasteiger partial charge on any atom is -0.478 e. The van der Waals surface area contributed by atoms with E-state index < -0.39 is 5.97 Å². The highest BCUT2D eigenvalue weighted by Crippen LogP contribution is 2.20. The third kappa shape index (κ3) is 4.84. The molecule has 0 saturated carbocycles. The number of hydrogen-bond donors (Lipinski definition) is 1. The molecule has 5 nitrogen and oxygen atoms in total.